The number of fused-ring (bicyclic) bond motifs is 1. The Hall–Kier alpha value is -1.32. The summed E-state index contributed by atoms with van der Waals surface area (Å²) in [6.45, 7) is 12.6. The number of anilines is 1. The molecule has 1 aromatic carbocycles. The molecule has 7 atom stereocenters. The van der Waals surface area contributed by atoms with Gasteiger partial charge in [0, 0.05) is 18.8 Å². The molecule has 3 aliphatic rings. The number of aliphatic hydroxyl groups excluding tert-OH is 2. The van der Waals surface area contributed by atoms with Gasteiger partial charge >= 0.3 is 0 Å². The van der Waals surface area contributed by atoms with Gasteiger partial charge in [0.25, 0.3) is 0 Å². The fraction of sp³-hybridized carbons (Fsp3) is 0.704. The molecule has 0 amide bonds. The largest absolute Gasteiger partial charge is 0.396 e. The van der Waals surface area contributed by atoms with E-state index in [1.54, 1.807) is 0 Å². The van der Waals surface area contributed by atoms with Crippen molar-refractivity contribution in [3.05, 3.63) is 42.0 Å². The molecule has 3 fully saturated rings. The van der Waals surface area contributed by atoms with Crippen LogP contribution in [0.25, 0.3) is 0 Å². The third-order valence-corrected chi connectivity index (χ3v) is 9.53. The quantitative estimate of drug-likeness (QED) is 0.556. The standard InChI is InChI=1S/C27H41NO2/c1-18-6-5-7-21(14-18)28-16-20-15-22(30)10-12-27(20,4)25-11-13-26(3)19(2)8-9-24(26)23(25)17-29/h5-7,14,20,22-25,28-30H,2,8-13,15-17H2,1,3-4H3. The minimum absolute atomic E-state index is 0.148. The second-order valence-corrected chi connectivity index (χ2v) is 11.0. The first-order valence-corrected chi connectivity index (χ1v) is 12.1. The van der Waals surface area contributed by atoms with Gasteiger partial charge in [-0.2, -0.15) is 0 Å². The Labute approximate surface area is 183 Å². The number of hydrogen-bond donors (Lipinski definition) is 3. The molecule has 1 aromatic rings. The van der Waals surface area contributed by atoms with Crippen LogP contribution < -0.4 is 5.32 Å². The molecule has 0 bridgehead atoms. The predicted molar refractivity (Wildman–Crippen MR) is 124 cm³/mol. The molecule has 3 N–H and O–H groups in total. The zero-order valence-electron chi connectivity index (χ0n) is 19.2. The van der Waals surface area contributed by atoms with E-state index in [9.17, 15) is 10.2 Å². The van der Waals surface area contributed by atoms with Crippen molar-refractivity contribution in [2.45, 2.75) is 71.8 Å². The Bertz CT molecular complexity index is 776. The molecule has 0 aliphatic heterocycles. The Morgan fingerprint density at radius 1 is 1.13 bits per heavy atom. The zero-order valence-corrected chi connectivity index (χ0v) is 19.2. The number of allylic oxidation sites excluding steroid dienone is 1. The highest BCUT2D eigenvalue weighted by Crippen LogP contribution is 2.63. The van der Waals surface area contributed by atoms with E-state index in [4.69, 9.17) is 0 Å². The van der Waals surface area contributed by atoms with Crippen molar-refractivity contribution in [3.63, 3.8) is 0 Å². The molecule has 3 nitrogen and oxygen atoms in total. The highest BCUT2D eigenvalue weighted by Gasteiger charge is 2.56. The molecule has 0 spiro atoms. The van der Waals surface area contributed by atoms with Gasteiger partial charge in [-0.05, 0) is 104 Å². The molecule has 0 heterocycles. The van der Waals surface area contributed by atoms with Crippen LogP contribution in [0.5, 0.6) is 0 Å². The molecule has 30 heavy (non-hydrogen) atoms. The van der Waals surface area contributed by atoms with Crippen LogP contribution >= 0.6 is 0 Å². The molecule has 4 rings (SSSR count). The number of aliphatic hydroxyl groups is 2. The molecule has 0 saturated heterocycles. The smallest absolute Gasteiger partial charge is 0.0544 e. The maximum Gasteiger partial charge on any atom is 0.0544 e. The average molecular weight is 412 g/mol. The van der Waals surface area contributed by atoms with Crippen molar-refractivity contribution in [3.8, 4) is 0 Å². The molecule has 3 aliphatic carbocycles. The lowest BCUT2D eigenvalue weighted by atomic mass is 9.49. The summed E-state index contributed by atoms with van der Waals surface area (Å²) < 4.78 is 0. The summed E-state index contributed by atoms with van der Waals surface area (Å²) in [7, 11) is 0. The summed E-state index contributed by atoms with van der Waals surface area (Å²) in [5.41, 5.74) is 4.20. The minimum Gasteiger partial charge on any atom is -0.396 e. The van der Waals surface area contributed by atoms with Crippen molar-refractivity contribution in [2.75, 3.05) is 18.5 Å². The van der Waals surface area contributed by atoms with Crippen LogP contribution in [0, 0.1) is 41.4 Å². The normalized spacial score (nSPS) is 41.5. The molecule has 0 aromatic heterocycles. The van der Waals surface area contributed by atoms with Crippen LogP contribution in [-0.4, -0.2) is 29.5 Å². The van der Waals surface area contributed by atoms with E-state index < -0.39 is 0 Å². The Balaban J connectivity index is 1.57. The predicted octanol–water partition coefficient (Wildman–Crippen LogP) is 5.57. The maximum atomic E-state index is 10.5. The monoisotopic (exact) mass is 411 g/mol. The van der Waals surface area contributed by atoms with Gasteiger partial charge in [-0.1, -0.05) is 38.1 Å². The van der Waals surface area contributed by atoms with Gasteiger partial charge in [-0.15, -0.1) is 0 Å². The number of rotatable bonds is 5. The van der Waals surface area contributed by atoms with Crippen LogP contribution in [0.2, 0.25) is 0 Å². The molecule has 166 valence electrons. The van der Waals surface area contributed by atoms with Gasteiger partial charge in [0.15, 0.2) is 0 Å². The second-order valence-electron chi connectivity index (χ2n) is 11.0. The fourth-order valence-electron chi connectivity index (χ4n) is 7.47. The molecular weight excluding hydrogens is 370 g/mol. The maximum absolute atomic E-state index is 10.5. The van der Waals surface area contributed by atoms with E-state index in [0.717, 1.165) is 32.2 Å². The molecule has 3 saturated carbocycles. The third kappa shape index (κ3) is 3.73. The summed E-state index contributed by atoms with van der Waals surface area (Å²) >= 11 is 0. The zero-order chi connectivity index (χ0) is 21.5. The van der Waals surface area contributed by atoms with Crippen LogP contribution in [0.4, 0.5) is 5.69 Å². The van der Waals surface area contributed by atoms with E-state index in [0.29, 0.717) is 23.7 Å². The van der Waals surface area contributed by atoms with Crippen LogP contribution in [0.1, 0.15) is 64.4 Å². The van der Waals surface area contributed by atoms with Gasteiger partial charge in [0.1, 0.15) is 0 Å². The Kier molecular flexibility index (Phi) is 6.07. The summed E-state index contributed by atoms with van der Waals surface area (Å²) in [4.78, 5) is 0. The van der Waals surface area contributed by atoms with E-state index in [-0.39, 0.29) is 23.5 Å². The van der Waals surface area contributed by atoms with E-state index in [2.05, 4.69) is 56.9 Å². The summed E-state index contributed by atoms with van der Waals surface area (Å²) in [6, 6.07) is 8.56. The van der Waals surface area contributed by atoms with E-state index >= 15 is 0 Å². The van der Waals surface area contributed by atoms with Gasteiger partial charge < -0.3 is 15.5 Å². The number of benzene rings is 1. The second kappa shape index (κ2) is 8.31. The van der Waals surface area contributed by atoms with E-state index in [1.165, 1.54) is 36.1 Å². The first kappa shape index (κ1) is 21.9. The van der Waals surface area contributed by atoms with E-state index in [1.807, 2.05) is 0 Å². The molecule has 0 radical (unpaired) electrons. The molecule has 7 unspecified atom stereocenters. The molecule has 3 heteroatoms. The fourth-order valence-corrected chi connectivity index (χ4v) is 7.47. The molecular formula is C27H41NO2. The van der Waals surface area contributed by atoms with Gasteiger partial charge in [0.2, 0.25) is 0 Å². The van der Waals surface area contributed by atoms with Gasteiger partial charge in [-0.3, -0.25) is 0 Å². The third-order valence-electron chi connectivity index (χ3n) is 9.53. The Morgan fingerprint density at radius 2 is 1.93 bits per heavy atom. The summed E-state index contributed by atoms with van der Waals surface area (Å²) in [5, 5.41) is 24.7. The SMILES string of the molecule is C=C1CCC2C(CO)C(C3(C)CCC(O)CC3CNc3cccc(C)c3)CCC12C. The van der Waals surface area contributed by atoms with Crippen LogP contribution in [0.3, 0.4) is 0 Å². The highest BCUT2D eigenvalue weighted by molar-refractivity contribution is 5.45. The lowest BCUT2D eigenvalue weighted by molar-refractivity contribution is -0.0904. The highest BCUT2D eigenvalue weighted by atomic mass is 16.3. The van der Waals surface area contributed by atoms with Crippen molar-refractivity contribution >= 4 is 5.69 Å². The van der Waals surface area contributed by atoms with Crippen molar-refractivity contribution in [2.24, 2.45) is 34.5 Å². The first-order valence-electron chi connectivity index (χ1n) is 12.1. The van der Waals surface area contributed by atoms with Crippen LogP contribution in [-0.2, 0) is 0 Å². The summed E-state index contributed by atoms with van der Waals surface area (Å²) in [5.74, 6) is 1.84. The number of aryl methyl sites for hydroxylation is 1. The van der Waals surface area contributed by atoms with Crippen molar-refractivity contribution < 1.29 is 10.2 Å². The van der Waals surface area contributed by atoms with Crippen molar-refractivity contribution in [1.82, 2.24) is 0 Å². The lowest BCUT2D eigenvalue weighted by Crippen LogP contribution is -2.52. The average Bonchev–Trinajstić information content (AvgIpc) is 3.03. The van der Waals surface area contributed by atoms with Gasteiger partial charge in [-0.25, -0.2) is 0 Å². The number of nitrogens with one attached hydrogen (secondary N) is 1. The minimum atomic E-state index is -0.199. The van der Waals surface area contributed by atoms with Crippen LogP contribution in [0.15, 0.2) is 36.4 Å². The van der Waals surface area contributed by atoms with Gasteiger partial charge in [0.05, 0.1) is 6.10 Å². The Morgan fingerprint density at radius 3 is 2.67 bits per heavy atom. The topological polar surface area (TPSA) is 52.5 Å². The lowest BCUT2D eigenvalue weighted by Gasteiger charge is -2.56. The summed E-state index contributed by atoms with van der Waals surface area (Å²) in [6.07, 6.45) is 7.29. The van der Waals surface area contributed by atoms with Crippen molar-refractivity contribution in [1.29, 1.82) is 0 Å². The number of hydrogen-bond acceptors (Lipinski definition) is 3. The first-order chi connectivity index (χ1) is 14.3.